The van der Waals surface area contributed by atoms with E-state index in [9.17, 15) is 14.9 Å². The number of nitrogens with one attached hydrogen (secondary N) is 2. The number of thioether (sulfide) groups is 2. The van der Waals surface area contributed by atoms with Gasteiger partial charge in [-0.25, -0.2) is 0 Å². The van der Waals surface area contributed by atoms with E-state index in [-0.39, 0.29) is 29.9 Å². The Morgan fingerprint density at radius 3 is 2.70 bits per heavy atom. The van der Waals surface area contributed by atoms with E-state index < -0.39 is 0 Å². The Hall–Kier alpha value is -2.40. The molecule has 5 nitrogen and oxygen atoms in total. The van der Waals surface area contributed by atoms with Crippen molar-refractivity contribution in [1.29, 1.82) is 5.26 Å². The summed E-state index contributed by atoms with van der Waals surface area (Å²) >= 11 is 8.78. The van der Waals surface area contributed by atoms with Crippen molar-refractivity contribution < 1.29 is 9.59 Å². The molecule has 30 heavy (non-hydrogen) atoms. The van der Waals surface area contributed by atoms with Gasteiger partial charge in [-0.3, -0.25) is 9.59 Å². The maximum Gasteiger partial charge on any atom is 0.234 e. The molecule has 154 valence electrons. The van der Waals surface area contributed by atoms with Gasteiger partial charge in [-0.05, 0) is 48.6 Å². The highest BCUT2D eigenvalue weighted by Crippen LogP contribution is 2.36. The third kappa shape index (κ3) is 5.39. The Morgan fingerprint density at radius 1 is 1.30 bits per heavy atom. The summed E-state index contributed by atoms with van der Waals surface area (Å²) < 4.78 is 0. The number of hydrogen-bond acceptors (Lipinski definition) is 5. The van der Waals surface area contributed by atoms with Gasteiger partial charge in [-0.1, -0.05) is 41.6 Å². The molecule has 0 saturated heterocycles. The molecular weight excluding hydrogens is 438 g/mol. The van der Waals surface area contributed by atoms with Crippen molar-refractivity contribution in [2.45, 2.75) is 24.2 Å². The van der Waals surface area contributed by atoms with Crippen molar-refractivity contribution in [3.8, 4) is 6.07 Å². The number of aryl methyl sites for hydroxylation is 1. The Bertz CT molecular complexity index is 1050. The van der Waals surface area contributed by atoms with E-state index in [2.05, 4.69) is 16.7 Å². The summed E-state index contributed by atoms with van der Waals surface area (Å²) in [6, 6.07) is 15.4. The molecule has 2 aromatic rings. The summed E-state index contributed by atoms with van der Waals surface area (Å²) in [5.41, 5.74) is 2.93. The van der Waals surface area contributed by atoms with Crippen LogP contribution in [0.25, 0.3) is 0 Å². The fraction of sp³-hybridized carbons (Fsp3) is 0.227. The van der Waals surface area contributed by atoms with Gasteiger partial charge in [0.2, 0.25) is 11.8 Å². The summed E-state index contributed by atoms with van der Waals surface area (Å²) in [4.78, 5) is 25.8. The molecule has 2 N–H and O–H groups in total. The average molecular weight is 458 g/mol. The lowest BCUT2D eigenvalue weighted by atomic mass is 9.87. The van der Waals surface area contributed by atoms with Gasteiger partial charge in [0.15, 0.2) is 0 Å². The van der Waals surface area contributed by atoms with Crippen LogP contribution in [-0.2, 0) is 9.59 Å². The second-order valence-corrected chi connectivity index (χ2v) is 9.03. The maximum absolute atomic E-state index is 12.4. The number of nitrogens with zero attached hydrogens (tertiary/aromatic N) is 1. The number of amides is 2. The SMILES string of the molecule is CSc1ccc([C@@H]2CC(=O)NC(SCC(=O)Nc3cc(Cl)ccc3C)=C2C#N)cc1. The number of allylic oxidation sites excluding steroid dienone is 1. The van der Waals surface area contributed by atoms with E-state index in [1.54, 1.807) is 23.9 Å². The highest BCUT2D eigenvalue weighted by atomic mass is 35.5. The quantitative estimate of drug-likeness (QED) is 0.591. The zero-order chi connectivity index (χ0) is 21.7. The fourth-order valence-electron chi connectivity index (χ4n) is 3.11. The summed E-state index contributed by atoms with van der Waals surface area (Å²) in [6.45, 7) is 1.88. The first-order valence-electron chi connectivity index (χ1n) is 9.18. The van der Waals surface area contributed by atoms with Crippen molar-refractivity contribution in [1.82, 2.24) is 5.32 Å². The minimum Gasteiger partial charge on any atom is -0.325 e. The summed E-state index contributed by atoms with van der Waals surface area (Å²) in [5, 5.41) is 16.3. The van der Waals surface area contributed by atoms with E-state index in [4.69, 9.17) is 11.6 Å². The highest BCUT2D eigenvalue weighted by molar-refractivity contribution is 8.03. The van der Waals surface area contributed by atoms with Crippen LogP contribution in [0.1, 0.15) is 23.5 Å². The number of benzene rings is 2. The van der Waals surface area contributed by atoms with E-state index in [1.165, 1.54) is 0 Å². The standard InChI is InChI=1S/C22H20ClN3O2S2/c1-13-3-6-15(23)9-19(13)25-21(28)12-30-22-18(11-24)17(10-20(27)26-22)14-4-7-16(29-2)8-5-14/h3-9,17H,10,12H2,1-2H3,(H,25,28)(H,26,27)/t17-/m0/s1. The van der Waals surface area contributed by atoms with Crippen molar-refractivity contribution in [3.63, 3.8) is 0 Å². The third-order valence-corrected chi connectivity index (χ3v) is 6.69. The van der Waals surface area contributed by atoms with Crippen molar-refractivity contribution >= 4 is 52.6 Å². The molecule has 0 aliphatic carbocycles. The van der Waals surface area contributed by atoms with E-state index in [0.717, 1.165) is 27.8 Å². The first-order chi connectivity index (χ1) is 14.4. The number of hydrogen-bond donors (Lipinski definition) is 2. The third-order valence-electron chi connectivity index (χ3n) is 4.70. The van der Waals surface area contributed by atoms with E-state index in [0.29, 0.717) is 21.3 Å². The van der Waals surface area contributed by atoms with Crippen LogP contribution < -0.4 is 10.6 Å². The largest absolute Gasteiger partial charge is 0.325 e. The lowest BCUT2D eigenvalue weighted by molar-refractivity contribution is -0.121. The van der Waals surface area contributed by atoms with Crippen LogP contribution in [0.3, 0.4) is 0 Å². The van der Waals surface area contributed by atoms with E-state index >= 15 is 0 Å². The summed E-state index contributed by atoms with van der Waals surface area (Å²) in [6.07, 6.45) is 2.20. The molecule has 0 bridgehead atoms. The fourth-order valence-corrected chi connectivity index (χ4v) is 4.56. The zero-order valence-electron chi connectivity index (χ0n) is 16.5. The minimum atomic E-state index is -0.319. The normalized spacial score (nSPS) is 16.1. The van der Waals surface area contributed by atoms with Crippen LogP contribution in [0.2, 0.25) is 5.02 Å². The van der Waals surface area contributed by atoms with E-state index in [1.807, 2.05) is 43.5 Å². The molecule has 1 atom stereocenters. The number of carbonyl (C=O) groups is 2. The molecule has 2 aromatic carbocycles. The molecule has 0 radical (unpaired) electrons. The zero-order valence-corrected chi connectivity index (χ0v) is 18.9. The van der Waals surface area contributed by atoms with Crippen molar-refractivity contribution in [2.75, 3.05) is 17.3 Å². The van der Waals surface area contributed by atoms with Gasteiger partial charge in [0.25, 0.3) is 0 Å². The predicted octanol–water partition coefficient (Wildman–Crippen LogP) is 5.08. The van der Waals surface area contributed by atoms with Crippen molar-refractivity contribution in [2.24, 2.45) is 0 Å². The van der Waals surface area contributed by atoms with Gasteiger partial charge in [0, 0.05) is 27.9 Å². The minimum absolute atomic E-state index is 0.0604. The molecule has 1 aliphatic rings. The molecule has 0 unspecified atom stereocenters. The van der Waals surface area contributed by atoms with Crippen molar-refractivity contribution in [3.05, 3.63) is 69.2 Å². The first kappa shape index (κ1) is 22.3. The molecule has 0 fully saturated rings. The number of halogens is 1. The molecule has 8 heteroatoms. The number of nitriles is 1. The van der Waals surface area contributed by atoms with Gasteiger partial charge < -0.3 is 10.6 Å². The smallest absolute Gasteiger partial charge is 0.234 e. The van der Waals surface area contributed by atoms with Crippen LogP contribution in [0.15, 0.2) is 58.0 Å². The monoisotopic (exact) mass is 457 g/mol. The second-order valence-electron chi connectivity index (χ2n) is 6.73. The van der Waals surface area contributed by atoms with Gasteiger partial charge in [0.1, 0.15) is 0 Å². The second kappa shape index (κ2) is 10.1. The lowest BCUT2D eigenvalue weighted by Gasteiger charge is -2.25. The van der Waals surface area contributed by atoms with Gasteiger partial charge >= 0.3 is 0 Å². The highest BCUT2D eigenvalue weighted by Gasteiger charge is 2.29. The Kier molecular flexibility index (Phi) is 7.48. The first-order valence-corrected chi connectivity index (χ1v) is 11.8. The lowest BCUT2D eigenvalue weighted by Crippen LogP contribution is -2.31. The number of anilines is 1. The molecule has 1 aliphatic heterocycles. The van der Waals surface area contributed by atoms with Gasteiger partial charge in [-0.15, -0.1) is 11.8 Å². The number of rotatable bonds is 6. The Morgan fingerprint density at radius 2 is 2.03 bits per heavy atom. The van der Waals surface area contributed by atoms with Crippen LogP contribution in [0.5, 0.6) is 0 Å². The van der Waals surface area contributed by atoms with Gasteiger partial charge in [-0.2, -0.15) is 5.26 Å². The topological polar surface area (TPSA) is 82.0 Å². The van der Waals surface area contributed by atoms with Crippen LogP contribution in [0.4, 0.5) is 5.69 Å². The molecular formula is C22H20ClN3O2S2. The Labute approximate surface area is 189 Å². The van der Waals surface area contributed by atoms with Crippen LogP contribution in [-0.4, -0.2) is 23.8 Å². The predicted molar refractivity (Wildman–Crippen MR) is 124 cm³/mol. The molecule has 2 amide bonds. The molecule has 0 saturated carbocycles. The molecule has 0 spiro atoms. The van der Waals surface area contributed by atoms with Gasteiger partial charge in [0.05, 0.1) is 22.4 Å². The van der Waals surface area contributed by atoms with Crippen LogP contribution >= 0.6 is 35.1 Å². The van der Waals surface area contributed by atoms with Crippen LogP contribution in [0, 0.1) is 18.3 Å². The number of carbonyl (C=O) groups excluding carboxylic acids is 2. The average Bonchev–Trinajstić information content (AvgIpc) is 2.74. The summed E-state index contributed by atoms with van der Waals surface area (Å²) in [7, 11) is 0. The molecule has 0 aromatic heterocycles. The summed E-state index contributed by atoms with van der Waals surface area (Å²) in [5.74, 6) is -0.664. The maximum atomic E-state index is 12.4. The molecule has 1 heterocycles. The Balaban J connectivity index is 1.76. The molecule has 3 rings (SSSR count).